The highest BCUT2D eigenvalue weighted by molar-refractivity contribution is 7.79. The first-order chi connectivity index (χ1) is 15.9. The van der Waals surface area contributed by atoms with E-state index < -0.39 is 5.63 Å². The standard InChI is InChI=1S/C25H17ClFNO4S/c1-14-22(17-4-3-11-28-13-17)31-24(29)21(23(14)32-25(33)30-2)19-10-7-16(12-20(19)26)15-5-8-18(27)9-6-15/h3-13H,1-2H3. The number of nitrogens with zero attached hydrogens (tertiary/aromatic N) is 1. The number of rotatable bonds is 4. The Morgan fingerprint density at radius 2 is 1.82 bits per heavy atom. The molecule has 2 aromatic heterocycles. The second-order valence-corrected chi connectivity index (χ2v) is 7.79. The summed E-state index contributed by atoms with van der Waals surface area (Å²) in [5, 5.41) is 0.118. The number of thiocarbonyl (C=S) groups is 1. The van der Waals surface area contributed by atoms with Crippen molar-refractivity contribution in [3.63, 3.8) is 0 Å². The van der Waals surface area contributed by atoms with E-state index in [2.05, 4.69) is 4.98 Å². The van der Waals surface area contributed by atoms with Crippen LogP contribution in [0, 0.1) is 12.7 Å². The predicted molar refractivity (Wildman–Crippen MR) is 129 cm³/mol. The molecule has 0 aliphatic rings. The fourth-order valence-corrected chi connectivity index (χ4v) is 3.76. The van der Waals surface area contributed by atoms with Gasteiger partial charge in [-0.1, -0.05) is 35.9 Å². The molecule has 0 radical (unpaired) electrons. The van der Waals surface area contributed by atoms with Crippen molar-refractivity contribution in [3.05, 3.63) is 93.8 Å². The molecule has 0 unspecified atom stereocenters. The molecule has 0 amide bonds. The average Bonchev–Trinajstić information content (AvgIpc) is 2.82. The monoisotopic (exact) mass is 481 g/mol. The first-order valence-electron chi connectivity index (χ1n) is 9.78. The summed E-state index contributed by atoms with van der Waals surface area (Å²) in [6.07, 6.45) is 3.19. The topological polar surface area (TPSA) is 61.6 Å². The van der Waals surface area contributed by atoms with Gasteiger partial charge in [0, 0.05) is 46.3 Å². The van der Waals surface area contributed by atoms with E-state index in [1.54, 1.807) is 61.8 Å². The Labute approximate surface area is 199 Å². The Morgan fingerprint density at radius 3 is 2.45 bits per heavy atom. The van der Waals surface area contributed by atoms with Crippen molar-refractivity contribution in [1.82, 2.24) is 4.98 Å². The number of hydrogen-bond acceptors (Lipinski definition) is 6. The number of pyridine rings is 1. The number of aromatic nitrogens is 1. The van der Waals surface area contributed by atoms with Gasteiger partial charge in [-0.15, -0.1) is 0 Å². The summed E-state index contributed by atoms with van der Waals surface area (Å²) in [6, 6.07) is 14.7. The van der Waals surface area contributed by atoms with Crippen molar-refractivity contribution in [2.24, 2.45) is 0 Å². The van der Waals surface area contributed by atoms with Crippen LogP contribution in [0.1, 0.15) is 5.56 Å². The van der Waals surface area contributed by atoms with E-state index in [0.717, 1.165) is 11.1 Å². The lowest BCUT2D eigenvalue weighted by atomic mass is 9.98. The summed E-state index contributed by atoms with van der Waals surface area (Å²) < 4.78 is 29.7. The van der Waals surface area contributed by atoms with Crippen LogP contribution >= 0.6 is 23.8 Å². The van der Waals surface area contributed by atoms with Crippen molar-refractivity contribution in [2.75, 3.05) is 7.11 Å². The Bertz CT molecular complexity index is 1390. The van der Waals surface area contributed by atoms with Gasteiger partial charge in [0.2, 0.25) is 0 Å². The second-order valence-electron chi connectivity index (χ2n) is 7.05. The zero-order valence-corrected chi connectivity index (χ0v) is 19.2. The Balaban J connectivity index is 1.89. The summed E-state index contributed by atoms with van der Waals surface area (Å²) in [4.78, 5) is 17.2. The van der Waals surface area contributed by atoms with Gasteiger partial charge in [-0.2, -0.15) is 0 Å². The number of hydrogen-bond donors (Lipinski definition) is 0. The molecule has 4 aromatic rings. The van der Waals surface area contributed by atoms with Gasteiger partial charge in [-0.25, -0.2) is 9.18 Å². The first-order valence-corrected chi connectivity index (χ1v) is 10.6. The molecule has 0 aliphatic carbocycles. The van der Waals surface area contributed by atoms with Crippen LogP contribution in [0.2, 0.25) is 5.02 Å². The molecule has 2 aromatic carbocycles. The Kier molecular flexibility index (Phi) is 6.53. The van der Waals surface area contributed by atoms with Gasteiger partial charge in [0.1, 0.15) is 17.1 Å². The van der Waals surface area contributed by atoms with E-state index in [-0.39, 0.29) is 27.4 Å². The molecule has 166 valence electrons. The van der Waals surface area contributed by atoms with Crippen LogP contribution < -0.4 is 10.4 Å². The zero-order chi connectivity index (χ0) is 23.5. The normalized spacial score (nSPS) is 10.7. The summed E-state index contributed by atoms with van der Waals surface area (Å²) in [7, 11) is 1.37. The number of halogens is 2. The molecule has 0 bridgehead atoms. The number of benzene rings is 2. The maximum absolute atomic E-state index is 13.3. The zero-order valence-electron chi connectivity index (χ0n) is 17.6. The molecule has 0 fully saturated rings. The highest BCUT2D eigenvalue weighted by Gasteiger charge is 2.24. The molecule has 8 heteroatoms. The van der Waals surface area contributed by atoms with Gasteiger partial charge in [0.25, 0.3) is 0 Å². The Hall–Kier alpha value is -3.55. The highest BCUT2D eigenvalue weighted by atomic mass is 35.5. The minimum Gasteiger partial charge on any atom is -0.460 e. The first kappa shape index (κ1) is 22.6. The molecule has 4 rings (SSSR count). The van der Waals surface area contributed by atoms with Gasteiger partial charge in [0.15, 0.2) is 5.75 Å². The fourth-order valence-electron chi connectivity index (χ4n) is 3.40. The number of ether oxygens (including phenoxy) is 2. The molecule has 33 heavy (non-hydrogen) atoms. The van der Waals surface area contributed by atoms with E-state index in [1.807, 2.05) is 0 Å². The third-order valence-corrected chi connectivity index (χ3v) is 5.56. The van der Waals surface area contributed by atoms with Gasteiger partial charge >= 0.3 is 10.9 Å². The minimum absolute atomic E-state index is 0.107. The van der Waals surface area contributed by atoms with Crippen LogP contribution in [0.3, 0.4) is 0 Å². The molecule has 0 atom stereocenters. The van der Waals surface area contributed by atoms with Gasteiger partial charge in [-0.3, -0.25) is 4.98 Å². The molecule has 0 saturated carbocycles. The molecule has 5 nitrogen and oxygen atoms in total. The second kappa shape index (κ2) is 9.52. The van der Waals surface area contributed by atoms with Crippen LogP contribution in [-0.2, 0) is 4.74 Å². The smallest absolute Gasteiger partial charge is 0.357 e. The average molecular weight is 482 g/mol. The van der Waals surface area contributed by atoms with E-state index in [0.29, 0.717) is 22.5 Å². The van der Waals surface area contributed by atoms with Gasteiger partial charge in [0.05, 0.1) is 7.11 Å². The summed E-state index contributed by atoms with van der Waals surface area (Å²) in [6.45, 7) is 1.74. The lowest BCUT2D eigenvalue weighted by Crippen LogP contribution is -2.14. The SMILES string of the molecule is COC(=S)Oc1c(C)c(-c2cccnc2)oc(=O)c1-c1ccc(-c2ccc(F)cc2)cc1Cl. The largest absolute Gasteiger partial charge is 0.460 e. The molecular formula is C25H17ClFNO4S. The van der Waals surface area contributed by atoms with Crippen molar-refractivity contribution >= 4 is 29.1 Å². The highest BCUT2D eigenvalue weighted by Crippen LogP contribution is 2.40. The lowest BCUT2D eigenvalue weighted by molar-refractivity contribution is 0.313. The summed E-state index contributed by atoms with van der Waals surface area (Å²) in [5.41, 5.74) is 2.50. The minimum atomic E-state index is -0.662. The van der Waals surface area contributed by atoms with Gasteiger partial charge < -0.3 is 13.9 Å². The molecule has 0 aliphatic heterocycles. The van der Waals surface area contributed by atoms with Crippen LogP contribution in [0.5, 0.6) is 5.75 Å². The quantitative estimate of drug-likeness (QED) is 0.312. The van der Waals surface area contributed by atoms with Crippen LogP contribution in [0.4, 0.5) is 4.39 Å². The van der Waals surface area contributed by atoms with Crippen molar-refractivity contribution in [3.8, 4) is 39.3 Å². The third kappa shape index (κ3) is 4.65. The molecular weight excluding hydrogens is 465 g/mol. The predicted octanol–water partition coefficient (Wildman–Crippen LogP) is 6.45. The molecule has 0 spiro atoms. The van der Waals surface area contributed by atoms with Crippen LogP contribution in [-0.4, -0.2) is 17.3 Å². The molecule has 0 saturated heterocycles. The molecule has 2 heterocycles. The Morgan fingerprint density at radius 1 is 1.09 bits per heavy atom. The van der Waals surface area contributed by atoms with E-state index in [4.69, 9.17) is 37.7 Å². The third-order valence-electron chi connectivity index (χ3n) is 5.00. The van der Waals surface area contributed by atoms with Gasteiger partial charge in [-0.05, 0) is 48.4 Å². The fraction of sp³-hybridized carbons (Fsp3) is 0.0800. The maximum atomic E-state index is 13.3. The van der Waals surface area contributed by atoms with Crippen molar-refractivity contribution in [1.29, 1.82) is 0 Å². The maximum Gasteiger partial charge on any atom is 0.357 e. The van der Waals surface area contributed by atoms with E-state index >= 15 is 0 Å². The number of methoxy groups -OCH3 is 1. The lowest BCUT2D eigenvalue weighted by Gasteiger charge is -2.16. The van der Waals surface area contributed by atoms with Crippen LogP contribution in [0.25, 0.3) is 33.6 Å². The summed E-state index contributed by atoms with van der Waals surface area (Å²) in [5.74, 6) is 0.136. The van der Waals surface area contributed by atoms with E-state index in [1.165, 1.54) is 19.2 Å². The molecule has 0 N–H and O–H groups in total. The van der Waals surface area contributed by atoms with E-state index in [9.17, 15) is 9.18 Å². The summed E-state index contributed by atoms with van der Waals surface area (Å²) >= 11 is 11.7. The van der Waals surface area contributed by atoms with Crippen LogP contribution in [0.15, 0.2) is 76.2 Å². The van der Waals surface area contributed by atoms with Crippen molar-refractivity contribution in [2.45, 2.75) is 6.92 Å². The van der Waals surface area contributed by atoms with Crippen molar-refractivity contribution < 1.29 is 18.3 Å².